The van der Waals surface area contributed by atoms with Crippen LogP contribution in [-0.2, 0) is 11.3 Å². The van der Waals surface area contributed by atoms with E-state index < -0.39 is 0 Å². The van der Waals surface area contributed by atoms with Gasteiger partial charge in [-0.3, -0.25) is 4.79 Å². The lowest BCUT2D eigenvalue weighted by Crippen LogP contribution is -2.33. The van der Waals surface area contributed by atoms with Crippen LogP contribution in [0.2, 0.25) is 0 Å². The molecule has 0 N–H and O–H groups in total. The fraction of sp³-hybridized carbons (Fsp3) is 0.357. The minimum Gasteiger partial charge on any atom is -0.471 e. The van der Waals surface area contributed by atoms with Gasteiger partial charge in [-0.05, 0) is 18.2 Å². The topological polar surface area (TPSA) is 60.2 Å². The molecule has 6 heteroatoms. The second kappa shape index (κ2) is 5.73. The third-order valence-corrected chi connectivity index (χ3v) is 3.32. The fourth-order valence-electron chi connectivity index (χ4n) is 2.30. The number of carbonyl (C=O) groups excluding carboxylic acids is 1. The number of carbonyl (C=O) groups is 1. The highest BCUT2D eigenvalue weighted by molar-refractivity contribution is 5.76. The molecule has 0 unspecified atom stereocenters. The summed E-state index contributed by atoms with van der Waals surface area (Å²) in [6.45, 7) is 1.71. The van der Waals surface area contributed by atoms with E-state index in [-0.39, 0.29) is 12.0 Å². The van der Waals surface area contributed by atoms with E-state index in [1.807, 2.05) is 34.0 Å². The van der Waals surface area contributed by atoms with E-state index in [2.05, 4.69) is 10.2 Å². The van der Waals surface area contributed by atoms with Crippen LogP contribution in [0, 0.1) is 0 Å². The molecule has 20 heavy (non-hydrogen) atoms. The molecule has 2 aromatic heterocycles. The highest BCUT2D eigenvalue weighted by Crippen LogP contribution is 2.16. The molecule has 1 atom stereocenters. The van der Waals surface area contributed by atoms with E-state index in [9.17, 15) is 4.79 Å². The molecule has 1 fully saturated rings. The number of amides is 1. The lowest BCUT2D eigenvalue weighted by molar-refractivity contribution is -0.131. The van der Waals surface area contributed by atoms with Crippen molar-refractivity contribution in [3.8, 4) is 5.88 Å². The van der Waals surface area contributed by atoms with Gasteiger partial charge < -0.3 is 14.2 Å². The summed E-state index contributed by atoms with van der Waals surface area (Å²) in [5.41, 5.74) is 0. The van der Waals surface area contributed by atoms with Crippen LogP contribution in [-0.4, -0.2) is 44.8 Å². The lowest BCUT2D eigenvalue weighted by Gasteiger charge is -2.17. The SMILES string of the molecule is O=C(Cn1cccc1)N1CC[C@H](Oc2cccnn2)C1. The molecule has 0 aliphatic carbocycles. The average molecular weight is 272 g/mol. The van der Waals surface area contributed by atoms with Crippen molar-refractivity contribution in [1.82, 2.24) is 19.7 Å². The first kappa shape index (κ1) is 12.7. The molecule has 104 valence electrons. The number of hydrogen-bond donors (Lipinski definition) is 0. The molecule has 1 aliphatic heterocycles. The number of ether oxygens (including phenoxy) is 1. The summed E-state index contributed by atoms with van der Waals surface area (Å²) in [4.78, 5) is 14.0. The molecule has 1 amide bonds. The summed E-state index contributed by atoms with van der Waals surface area (Å²) in [7, 11) is 0. The molecule has 0 bridgehead atoms. The number of likely N-dealkylation sites (tertiary alicyclic amines) is 1. The van der Waals surface area contributed by atoms with Crippen molar-refractivity contribution in [3.63, 3.8) is 0 Å². The van der Waals surface area contributed by atoms with Gasteiger partial charge in [0.1, 0.15) is 12.6 Å². The van der Waals surface area contributed by atoms with Crippen LogP contribution in [0.3, 0.4) is 0 Å². The standard InChI is InChI=1S/C14H16N4O2/c19-14(11-17-7-1-2-8-17)18-9-5-12(10-18)20-13-4-3-6-15-16-13/h1-4,6-8,12H,5,9-11H2/t12-/m0/s1. The van der Waals surface area contributed by atoms with Gasteiger partial charge in [-0.2, -0.15) is 5.10 Å². The summed E-state index contributed by atoms with van der Waals surface area (Å²) < 4.78 is 7.59. The number of nitrogens with zero attached hydrogens (tertiary/aromatic N) is 4. The van der Waals surface area contributed by atoms with E-state index in [1.165, 1.54) is 0 Å². The molecule has 3 rings (SSSR count). The highest BCUT2D eigenvalue weighted by Gasteiger charge is 2.27. The number of hydrogen-bond acceptors (Lipinski definition) is 4. The van der Waals surface area contributed by atoms with Gasteiger partial charge in [0.2, 0.25) is 11.8 Å². The van der Waals surface area contributed by atoms with Crippen LogP contribution in [0.25, 0.3) is 0 Å². The van der Waals surface area contributed by atoms with E-state index in [0.717, 1.165) is 13.0 Å². The third kappa shape index (κ3) is 2.96. The maximum absolute atomic E-state index is 12.1. The summed E-state index contributed by atoms with van der Waals surface area (Å²) in [5, 5.41) is 7.67. The van der Waals surface area contributed by atoms with Gasteiger partial charge in [0.05, 0.1) is 6.54 Å². The van der Waals surface area contributed by atoms with Crippen molar-refractivity contribution in [2.24, 2.45) is 0 Å². The average Bonchev–Trinajstić information content (AvgIpc) is 3.11. The quantitative estimate of drug-likeness (QED) is 0.831. The van der Waals surface area contributed by atoms with Gasteiger partial charge >= 0.3 is 0 Å². The summed E-state index contributed by atoms with van der Waals surface area (Å²) in [5.74, 6) is 0.628. The zero-order valence-electron chi connectivity index (χ0n) is 11.1. The summed E-state index contributed by atoms with van der Waals surface area (Å²) >= 11 is 0. The largest absolute Gasteiger partial charge is 0.471 e. The molecule has 0 aromatic carbocycles. The minimum absolute atomic E-state index is 0.000289. The Morgan fingerprint density at radius 1 is 1.35 bits per heavy atom. The maximum atomic E-state index is 12.1. The van der Waals surface area contributed by atoms with E-state index in [0.29, 0.717) is 19.0 Å². The normalized spacial score (nSPS) is 18.2. The Morgan fingerprint density at radius 3 is 2.95 bits per heavy atom. The molecule has 0 saturated carbocycles. The van der Waals surface area contributed by atoms with Crippen LogP contribution >= 0.6 is 0 Å². The molecule has 0 spiro atoms. The second-order valence-electron chi connectivity index (χ2n) is 4.79. The zero-order valence-corrected chi connectivity index (χ0v) is 11.1. The Labute approximate surface area is 117 Å². The fourth-order valence-corrected chi connectivity index (χ4v) is 2.30. The first-order chi connectivity index (χ1) is 9.81. The van der Waals surface area contributed by atoms with Crippen LogP contribution < -0.4 is 4.74 Å². The molecule has 1 aliphatic rings. The van der Waals surface area contributed by atoms with Crippen molar-refractivity contribution in [2.45, 2.75) is 19.1 Å². The highest BCUT2D eigenvalue weighted by atomic mass is 16.5. The van der Waals surface area contributed by atoms with Crippen molar-refractivity contribution in [1.29, 1.82) is 0 Å². The predicted molar refractivity (Wildman–Crippen MR) is 72.1 cm³/mol. The van der Waals surface area contributed by atoms with Crippen molar-refractivity contribution in [3.05, 3.63) is 42.9 Å². The molecular formula is C14H16N4O2. The van der Waals surface area contributed by atoms with Gasteiger partial charge in [0.25, 0.3) is 0 Å². The van der Waals surface area contributed by atoms with Crippen molar-refractivity contribution < 1.29 is 9.53 Å². The Balaban J connectivity index is 1.53. The molecule has 6 nitrogen and oxygen atoms in total. The van der Waals surface area contributed by atoms with Gasteiger partial charge in [-0.25, -0.2) is 0 Å². The Bertz CT molecular complexity index is 556. The third-order valence-electron chi connectivity index (χ3n) is 3.32. The van der Waals surface area contributed by atoms with Crippen LogP contribution in [0.1, 0.15) is 6.42 Å². The Hall–Kier alpha value is -2.37. The summed E-state index contributed by atoms with van der Waals surface area (Å²) in [6, 6.07) is 7.39. The van der Waals surface area contributed by atoms with Crippen LogP contribution in [0.4, 0.5) is 0 Å². The Kier molecular flexibility index (Phi) is 3.62. The minimum atomic E-state index is 0.000289. The summed E-state index contributed by atoms with van der Waals surface area (Å²) in [6.07, 6.45) is 6.21. The molecule has 0 radical (unpaired) electrons. The van der Waals surface area contributed by atoms with Gasteiger partial charge in [0.15, 0.2) is 0 Å². The van der Waals surface area contributed by atoms with Crippen molar-refractivity contribution >= 4 is 5.91 Å². The smallest absolute Gasteiger partial charge is 0.242 e. The first-order valence-corrected chi connectivity index (χ1v) is 6.64. The lowest BCUT2D eigenvalue weighted by atomic mass is 10.3. The molecule has 3 heterocycles. The van der Waals surface area contributed by atoms with E-state index in [4.69, 9.17) is 4.74 Å². The monoisotopic (exact) mass is 272 g/mol. The number of aromatic nitrogens is 3. The Morgan fingerprint density at radius 2 is 2.20 bits per heavy atom. The first-order valence-electron chi connectivity index (χ1n) is 6.64. The van der Waals surface area contributed by atoms with Gasteiger partial charge in [-0.15, -0.1) is 5.10 Å². The number of rotatable bonds is 4. The maximum Gasteiger partial charge on any atom is 0.242 e. The van der Waals surface area contributed by atoms with Crippen molar-refractivity contribution in [2.75, 3.05) is 13.1 Å². The van der Waals surface area contributed by atoms with Crippen LogP contribution in [0.5, 0.6) is 5.88 Å². The predicted octanol–water partition coefficient (Wildman–Crippen LogP) is 0.958. The zero-order chi connectivity index (χ0) is 13.8. The van der Waals surface area contributed by atoms with E-state index >= 15 is 0 Å². The molecule has 1 saturated heterocycles. The van der Waals surface area contributed by atoms with Gasteiger partial charge in [0, 0.05) is 37.6 Å². The molecular weight excluding hydrogens is 256 g/mol. The second-order valence-corrected chi connectivity index (χ2v) is 4.79. The molecule has 2 aromatic rings. The van der Waals surface area contributed by atoms with E-state index in [1.54, 1.807) is 18.3 Å². The van der Waals surface area contributed by atoms with Gasteiger partial charge in [-0.1, -0.05) is 0 Å². The van der Waals surface area contributed by atoms with Crippen LogP contribution in [0.15, 0.2) is 42.9 Å².